The molecule has 0 amide bonds. The van der Waals surface area contributed by atoms with Gasteiger partial charge in [0.25, 0.3) is 5.78 Å². The molecule has 3 rings (SSSR count). The molecule has 0 aromatic carbocycles. The van der Waals surface area contributed by atoms with Crippen LogP contribution in [0.2, 0.25) is 0 Å². The summed E-state index contributed by atoms with van der Waals surface area (Å²) in [5.74, 6) is 3.02. The minimum atomic E-state index is 0.355. The zero-order chi connectivity index (χ0) is 11.3. The van der Waals surface area contributed by atoms with Gasteiger partial charge in [-0.2, -0.15) is 9.50 Å². The van der Waals surface area contributed by atoms with Gasteiger partial charge in [-0.3, -0.25) is 0 Å². The first-order valence-electron chi connectivity index (χ1n) is 5.68. The van der Waals surface area contributed by atoms with Crippen LogP contribution in [0.25, 0.3) is 5.78 Å². The largest absolute Gasteiger partial charge is 0.383 e. The average molecular weight is 217 g/mol. The van der Waals surface area contributed by atoms with E-state index in [1.165, 1.54) is 12.8 Å². The van der Waals surface area contributed by atoms with Gasteiger partial charge >= 0.3 is 0 Å². The second-order valence-electron chi connectivity index (χ2n) is 4.72. The second-order valence-corrected chi connectivity index (χ2v) is 4.72. The molecule has 2 N–H and O–H groups in total. The van der Waals surface area contributed by atoms with Crippen molar-refractivity contribution in [2.75, 3.05) is 5.73 Å². The van der Waals surface area contributed by atoms with Gasteiger partial charge in [-0.05, 0) is 18.8 Å². The highest BCUT2D eigenvalue weighted by atomic mass is 15.4. The number of nitrogens with zero attached hydrogens (tertiary/aromatic N) is 4. The lowest BCUT2D eigenvalue weighted by molar-refractivity contribution is 0.808. The lowest BCUT2D eigenvalue weighted by atomic mass is 10.1. The van der Waals surface area contributed by atoms with Crippen molar-refractivity contribution >= 4 is 11.6 Å². The molecule has 0 radical (unpaired) electrons. The van der Waals surface area contributed by atoms with Crippen LogP contribution in [0.3, 0.4) is 0 Å². The summed E-state index contributed by atoms with van der Waals surface area (Å²) < 4.78 is 1.64. The number of nitrogens with two attached hydrogens (primary N) is 1. The number of anilines is 1. The molecular formula is C11H15N5. The third-order valence-electron chi connectivity index (χ3n) is 2.91. The zero-order valence-electron chi connectivity index (χ0n) is 9.51. The summed E-state index contributed by atoms with van der Waals surface area (Å²) in [7, 11) is 0. The van der Waals surface area contributed by atoms with Crippen LogP contribution in [-0.4, -0.2) is 19.6 Å². The molecule has 0 unspecified atom stereocenters. The molecule has 0 saturated heterocycles. The molecule has 1 saturated carbocycles. The van der Waals surface area contributed by atoms with E-state index in [1.807, 2.05) is 6.07 Å². The standard InChI is InChI=1S/C11H15N5/c1-6(2)8-5-9(12)16-11(13-8)14-10(15-16)7-3-4-7/h5-7H,3-4,12H2,1-2H3. The average Bonchev–Trinajstić information content (AvgIpc) is 2.98. The molecule has 0 atom stereocenters. The first kappa shape index (κ1) is 9.57. The number of aromatic nitrogens is 4. The SMILES string of the molecule is CC(C)c1cc(N)n2nc(C3CC3)nc2n1. The van der Waals surface area contributed by atoms with E-state index >= 15 is 0 Å². The Balaban J connectivity index is 2.17. The fraction of sp³-hybridized carbons (Fsp3) is 0.545. The zero-order valence-corrected chi connectivity index (χ0v) is 9.51. The number of fused-ring (bicyclic) bond motifs is 1. The van der Waals surface area contributed by atoms with Crippen LogP contribution < -0.4 is 5.73 Å². The summed E-state index contributed by atoms with van der Waals surface area (Å²) in [6, 6.07) is 1.88. The molecule has 0 aliphatic heterocycles. The molecule has 84 valence electrons. The highest BCUT2D eigenvalue weighted by Crippen LogP contribution is 2.38. The predicted octanol–water partition coefficient (Wildman–Crippen LogP) is 1.71. The van der Waals surface area contributed by atoms with Gasteiger partial charge in [-0.15, -0.1) is 5.10 Å². The van der Waals surface area contributed by atoms with Crippen LogP contribution >= 0.6 is 0 Å². The Bertz CT molecular complexity index is 539. The highest BCUT2D eigenvalue weighted by molar-refractivity contribution is 5.43. The van der Waals surface area contributed by atoms with Crippen LogP contribution in [0.15, 0.2) is 6.07 Å². The normalized spacial score (nSPS) is 16.2. The van der Waals surface area contributed by atoms with Crippen LogP contribution in [0.5, 0.6) is 0 Å². The maximum atomic E-state index is 5.95. The molecule has 1 aliphatic rings. The first-order valence-corrected chi connectivity index (χ1v) is 5.68. The highest BCUT2D eigenvalue weighted by Gasteiger charge is 2.28. The predicted molar refractivity (Wildman–Crippen MR) is 61.3 cm³/mol. The molecule has 16 heavy (non-hydrogen) atoms. The molecule has 2 heterocycles. The van der Waals surface area contributed by atoms with Gasteiger partial charge in [-0.25, -0.2) is 4.98 Å². The van der Waals surface area contributed by atoms with E-state index in [0.29, 0.717) is 23.4 Å². The van der Waals surface area contributed by atoms with Crippen molar-refractivity contribution in [3.8, 4) is 0 Å². The number of rotatable bonds is 2. The summed E-state index contributed by atoms with van der Waals surface area (Å²) in [6.45, 7) is 4.19. The van der Waals surface area contributed by atoms with Crippen molar-refractivity contribution in [2.24, 2.45) is 0 Å². The molecule has 5 nitrogen and oxygen atoms in total. The van der Waals surface area contributed by atoms with E-state index < -0.39 is 0 Å². The Morgan fingerprint density at radius 3 is 2.75 bits per heavy atom. The quantitative estimate of drug-likeness (QED) is 0.831. The van der Waals surface area contributed by atoms with Crippen LogP contribution in [0.4, 0.5) is 5.82 Å². The van der Waals surface area contributed by atoms with E-state index in [-0.39, 0.29) is 0 Å². The molecule has 0 bridgehead atoms. The molecular weight excluding hydrogens is 202 g/mol. The van der Waals surface area contributed by atoms with Crippen molar-refractivity contribution in [3.05, 3.63) is 17.6 Å². The Kier molecular flexibility index (Phi) is 1.89. The molecule has 2 aromatic rings. The van der Waals surface area contributed by atoms with Gasteiger partial charge in [0.05, 0.1) is 5.69 Å². The maximum Gasteiger partial charge on any atom is 0.254 e. The molecule has 5 heteroatoms. The van der Waals surface area contributed by atoms with Crippen LogP contribution in [0.1, 0.15) is 50.0 Å². The van der Waals surface area contributed by atoms with E-state index in [2.05, 4.69) is 28.9 Å². The van der Waals surface area contributed by atoms with Crippen LogP contribution in [0, 0.1) is 0 Å². The van der Waals surface area contributed by atoms with Gasteiger partial charge in [0.2, 0.25) is 0 Å². The Morgan fingerprint density at radius 2 is 2.12 bits per heavy atom. The van der Waals surface area contributed by atoms with E-state index in [9.17, 15) is 0 Å². The Hall–Kier alpha value is -1.65. The van der Waals surface area contributed by atoms with Crippen molar-refractivity contribution < 1.29 is 0 Å². The second kappa shape index (κ2) is 3.17. The third-order valence-corrected chi connectivity index (χ3v) is 2.91. The minimum Gasteiger partial charge on any atom is -0.383 e. The third kappa shape index (κ3) is 1.43. The van der Waals surface area contributed by atoms with Crippen molar-refractivity contribution in [1.29, 1.82) is 0 Å². The van der Waals surface area contributed by atoms with Gasteiger partial charge in [0.1, 0.15) is 5.82 Å². The maximum absolute atomic E-state index is 5.95. The number of hydrogen-bond acceptors (Lipinski definition) is 4. The van der Waals surface area contributed by atoms with Gasteiger partial charge < -0.3 is 5.73 Å². The number of nitrogen functional groups attached to an aromatic ring is 1. The summed E-state index contributed by atoms with van der Waals surface area (Å²) in [6.07, 6.45) is 2.38. The Labute approximate surface area is 93.7 Å². The monoisotopic (exact) mass is 217 g/mol. The van der Waals surface area contributed by atoms with E-state index in [4.69, 9.17) is 5.73 Å². The lowest BCUT2D eigenvalue weighted by Crippen LogP contribution is -2.04. The number of hydrogen-bond donors (Lipinski definition) is 1. The molecule has 2 aromatic heterocycles. The van der Waals surface area contributed by atoms with Crippen LogP contribution in [-0.2, 0) is 0 Å². The van der Waals surface area contributed by atoms with E-state index in [0.717, 1.165) is 11.5 Å². The van der Waals surface area contributed by atoms with E-state index in [1.54, 1.807) is 4.52 Å². The summed E-state index contributed by atoms with van der Waals surface area (Å²) in [5.41, 5.74) is 6.92. The smallest absolute Gasteiger partial charge is 0.254 e. The van der Waals surface area contributed by atoms with Crippen molar-refractivity contribution in [3.63, 3.8) is 0 Å². The van der Waals surface area contributed by atoms with Gasteiger partial charge in [0, 0.05) is 12.0 Å². The fourth-order valence-electron chi connectivity index (χ4n) is 1.74. The fourth-order valence-corrected chi connectivity index (χ4v) is 1.74. The van der Waals surface area contributed by atoms with Gasteiger partial charge in [0.15, 0.2) is 5.82 Å². The minimum absolute atomic E-state index is 0.355. The molecule has 0 spiro atoms. The summed E-state index contributed by atoms with van der Waals surface area (Å²) in [4.78, 5) is 8.92. The topological polar surface area (TPSA) is 69.1 Å². The first-order chi connectivity index (χ1) is 7.65. The Morgan fingerprint density at radius 1 is 1.38 bits per heavy atom. The summed E-state index contributed by atoms with van der Waals surface area (Å²) in [5, 5.41) is 4.39. The van der Waals surface area contributed by atoms with Crippen molar-refractivity contribution in [2.45, 2.75) is 38.5 Å². The molecule has 1 fully saturated rings. The van der Waals surface area contributed by atoms with Crippen molar-refractivity contribution in [1.82, 2.24) is 19.6 Å². The summed E-state index contributed by atoms with van der Waals surface area (Å²) >= 11 is 0. The van der Waals surface area contributed by atoms with Gasteiger partial charge in [-0.1, -0.05) is 13.8 Å². The lowest BCUT2D eigenvalue weighted by Gasteiger charge is -2.05. The molecule has 1 aliphatic carbocycles.